The highest BCUT2D eigenvalue weighted by Gasteiger charge is 2.11. The van der Waals surface area contributed by atoms with Gasteiger partial charge in [0, 0.05) is 16.0 Å². The molecule has 130 valence electrons. The molecule has 0 aliphatic carbocycles. The van der Waals surface area contributed by atoms with E-state index in [1.165, 1.54) is 0 Å². The molecule has 1 heterocycles. The number of nitrogens with zero attached hydrogens (tertiary/aromatic N) is 3. The van der Waals surface area contributed by atoms with Crippen molar-refractivity contribution in [3.63, 3.8) is 0 Å². The molecule has 3 rings (SSSR count). The van der Waals surface area contributed by atoms with Crippen LogP contribution in [0.25, 0.3) is 0 Å². The molecule has 0 spiro atoms. The van der Waals surface area contributed by atoms with Crippen molar-refractivity contribution in [2.75, 3.05) is 12.4 Å². The zero-order valence-electron chi connectivity index (χ0n) is 13.3. The van der Waals surface area contributed by atoms with Crippen molar-refractivity contribution in [3.05, 3.63) is 57.0 Å². The van der Waals surface area contributed by atoms with E-state index in [9.17, 15) is 0 Å². The molecule has 0 radical (unpaired) electrons. The zero-order valence-corrected chi connectivity index (χ0v) is 15.6. The fourth-order valence-electron chi connectivity index (χ4n) is 2.14. The number of hydrogen-bond donors (Lipinski definition) is 2. The normalized spacial score (nSPS) is 10.5. The van der Waals surface area contributed by atoms with Gasteiger partial charge in [-0.05, 0) is 40.6 Å². The monoisotopic (exact) mass is 423 g/mol. The number of anilines is 1. The first-order chi connectivity index (χ1) is 12.2. The lowest BCUT2D eigenvalue weighted by Gasteiger charge is -2.14. The Kier molecular flexibility index (Phi) is 5.72. The van der Waals surface area contributed by atoms with Gasteiger partial charge in [0.1, 0.15) is 6.61 Å². The molecule has 3 aromatic rings. The van der Waals surface area contributed by atoms with Gasteiger partial charge in [-0.25, -0.2) is 0 Å². The van der Waals surface area contributed by atoms with Crippen molar-refractivity contribution in [3.8, 4) is 11.5 Å². The van der Waals surface area contributed by atoms with Crippen molar-refractivity contribution in [2.45, 2.75) is 13.2 Å². The second-order valence-electron chi connectivity index (χ2n) is 5.10. The Morgan fingerprint density at radius 1 is 1.20 bits per heavy atom. The van der Waals surface area contributed by atoms with Gasteiger partial charge in [0.05, 0.1) is 7.11 Å². The molecular formula is C16H15BrClN5O2. The standard InChI is InChI=1S/C16H15BrClN5O2/c1-24-14-6-11(8-19-16-20-22-23-21-16)13(17)7-15(14)25-9-10-2-4-12(18)5-3-10/h2-7H,8-9H2,1H3,(H2,19,20,21,22,23). The Morgan fingerprint density at radius 2 is 2.00 bits per heavy atom. The van der Waals surface area contributed by atoms with E-state index < -0.39 is 0 Å². The second-order valence-corrected chi connectivity index (χ2v) is 6.39. The summed E-state index contributed by atoms with van der Waals surface area (Å²) in [7, 11) is 1.61. The number of methoxy groups -OCH3 is 1. The van der Waals surface area contributed by atoms with Crippen LogP contribution in [-0.2, 0) is 13.2 Å². The number of aromatic amines is 1. The largest absolute Gasteiger partial charge is 0.493 e. The zero-order chi connectivity index (χ0) is 17.6. The first kappa shape index (κ1) is 17.5. The molecule has 1 aromatic heterocycles. The number of aromatic nitrogens is 4. The Balaban J connectivity index is 1.71. The Bertz CT molecular complexity index is 827. The lowest BCUT2D eigenvalue weighted by atomic mass is 10.2. The molecule has 25 heavy (non-hydrogen) atoms. The third-order valence-electron chi connectivity index (χ3n) is 3.42. The summed E-state index contributed by atoms with van der Waals surface area (Å²) < 4.78 is 12.2. The predicted octanol–water partition coefficient (Wildman–Crippen LogP) is 3.82. The van der Waals surface area contributed by atoms with Crippen LogP contribution in [0.3, 0.4) is 0 Å². The molecule has 0 fully saturated rings. The van der Waals surface area contributed by atoms with Crippen LogP contribution >= 0.6 is 27.5 Å². The van der Waals surface area contributed by atoms with E-state index in [4.69, 9.17) is 21.1 Å². The number of nitrogens with one attached hydrogen (secondary N) is 2. The van der Waals surface area contributed by atoms with Crippen LogP contribution in [0.2, 0.25) is 5.02 Å². The first-order valence-corrected chi connectivity index (χ1v) is 8.54. The van der Waals surface area contributed by atoms with Gasteiger partial charge in [-0.15, -0.1) is 5.10 Å². The lowest BCUT2D eigenvalue weighted by Crippen LogP contribution is -2.04. The molecule has 0 aliphatic heterocycles. The average molecular weight is 425 g/mol. The molecule has 0 saturated heterocycles. The van der Waals surface area contributed by atoms with Crippen molar-refractivity contribution in [1.82, 2.24) is 20.6 Å². The Hall–Kier alpha value is -2.32. The molecule has 7 nitrogen and oxygen atoms in total. The van der Waals surface area contributed by atoms with Crippen LogP contribution in [0.15, 0.2) is 40.9 Å². The number of tetrazole rings is 1. The Labute approximate surface area is 157 Å². The summed E-state index contributed by atoms with van der Waals surface area (Å²) in [6, 6.07) is 11.3. The number of rotatable bonds is 7. The van der Waals surface area contributed by atoms with Crippen molar-refractivity contribution in [1.29, 1.82) is 0 Å². The van der Waals surface area contributed by atoms with Gasteiger partial charge in [-0.3, -0.25) is 0 Å². The molecular weight excluding hydrogens is 410 g/mol. The SMILES string of the molecule is COc1cc(CNc2nn[nH]n2)c(Br)cc1OCc1ccc(Cl)cc1. The van der Waals surface area contributed by atoms with Crippen LogP contribution in [-0.4, -0.2) is 27.7 Å². The van der Waals surface area contributed by atoms with Gasteiger partial charge in [-0.2, -0.15) is 5.21 Å². The minimum atomic E-state index is 0.417. The average Bonchev–Trinajstić information content (AvgIpc) is 3.14. The summed E-state index contributed by atoms with van der Waals surface area (Å²) in [5, 5.41) is 17.4. The number of benzene rings is 2. The van der Waals surface area contributed by atoms with E-state index in [2.05, 4.69) is 41.9 Å². The smallest absolute Gasteiger partial charge is 0.263 e. The van der Waals surface area contributed by atoms with E-state index in [1.807, 2.05) is 36.4 Å². The van der Waals surface area contributed by atoms with Crippen molar-refractivity contribution >= 4 is 33.5 Å². The Morgan fingerprint density at radius 3 is 2.68 bits per heavy atom. The fraction of sp³-hybridized carbons (Fsp3) is 0.188. The highest BCUT2D eigenvalue weighted by molar-refractivity contribution is 9.10. The highest BCUT2D eigenvalue weighted by atomic mass is 79.9. The maximum atomic E-state index is 5.89. The molecule has 2 N–H and O–H groups in total. The third-order valence-corrected chi connectivity index (χ3v) is 4.41. The maximum absolute atomic E-state index is 5.89. The van der Waals surface area contributed by atoms with Crippen LogP contribution in [0, 0.1) is 0 Å². The van der Waals surface area contributed by atoms with Gasteiger partial charge >= 0.3 is 0 Å². The van der Waals surface area contributed by atoms with E-state index in [0.717, 1.165) is 15.6 Å². The highest BCUT2D eigenvalue weighted by Crippen LogP contribution is 2.34. The van der Waals surface area contributed by atoms with Gasteiger partial charge in [-0.1, -0.05) is 44.8 Å². The number of H-pyrrole nitrogens is 1. The molecule has 0 saturated carbocycles. The van der Waals surface area contributed by atoms with Gasteiger partial charge < -0.3 is 14.8 Å². The summed E-state index contributed by atoms with van der Waals surface area (Å²) in [5.74, 6) is 1.71. The maximum Gasteiger partial charge on any atom is 0.263 e. The van der Waals surface area contributed by atoms with E-state index in [-0.39, 0.29) is 0 Å². The van der Waals surface area contributed by atoms with Crippen LogP contribution in [0.5, 0.6) is 11.5 Å². The minimum absolute atomic E-state index is 0.417. The molecule has 2 aromatic carbocycles. The molecule has 9 heteroatoms. The van der Waals surface area contributed by atoms with E-state index in [1.54, 1.807) is 7.11 Å². The lowest BCUT2D eigenvalue weighted by molar-refractivity contribution is 0.284. The summed E-state index contributed by atoms with van der Waals surface area (Å²) in [5.41, 5.74) is 1.99. The van der Waals surface area contributed by atoms with Gasteiger partial charge in [0.2, 0.25) is 0 Å². The molecule has 0 unspecified atom stereocenters. The summed E-state index contributed by atoms with van der Waals surface area (Å²) in [4.78, 5) is 0. The molecule has 0 atom stereocenters. The molecule has 0 bridgehead atoms. The van der Waals surface area contributed by atoms with E-state index in [0.29, 0.717) is 35.6 Å². The van der Waals surface area contributed by atoms with Crippen molar-refractivity contribution in [2.24, 2.45) is 0 Å². The molecule has 0 aliphatic rings. The summed E-state index contributed by atoms with van der Waals surface area (Å²) in [6.45, 7) is 0.925. The third kappa shape index (κ3) is 4.61. The van der Waals surface area contributed by atoms with Crippen molar-refractivity contribution < 1.29 is 9.47 Å². The first-order valence-electron chi connectivity index (χ1n) is 7.36. The van der Waals surface area contributed by atoms with Crippen LogP contribution < -0.4 is 14.8 Å². The molecule has 0 amide bonds. The minimum Gasteiger partial charge on any atom is -0.493 e. The number of hydrogen-bond acceptors (Lipinski definition) is 6. The van der Waals surface area contributed by atoms with Gasteiger partial charge in [0.15, 0.2) is 11.5 Å². The number of ether oxygens (including phenoxy) is 2. The fourth-order valence-corrected chi connectivity index (χ4v) is 2.73. The summed E-state index contributed by atoms with van der Waals surface area (Å²) >= 11 is 9.45. The van der Waals surface area contributed by atoms with Crippen LogP contribution in [0.1, 0.15) is 11.1 Å². The van der Waals surface area contributed by atoms with Crippen LogP contribution in [0.4, 0.5) is 5.95 Å². The topological polar surface area (TPSA) is 85.0 Å². The summed E-state index contributed by atoms with van der Waals surface area (Å²) in [6.07, 6.45) is 0. The number of halogens is 2. The second kappa shape index (κ2) is 8.17. The quantitative estimate of drug-likeness (QED) is 0.600. The van der Waals surface area contributed by atoms with E-state index >= 15 is 0 Å². The van der Waals surface area contributed by atoms with Gasteiger partial charge in [0.25, 0.3) is 5.95 Å². The predicted molar refractivity (Wildman–Crippen MR) is 98.0 cm³/mol.